The van der Waals surface area contributed by atoms with Gasteiger partial charge in [0.1, 0.15) is 18.1 Å². The summed E-state index contributed by atoms with van der Waals surface area (Å²) in [5.74, 6) is 1.46. The summed E-state index contributed by atoms with van der Waals surface area (Å²) >= 11 is 0. The Labute approximate surface area is 284 Å². The summed E-state index contributed by atoms with van der Waals surface area (Å²) in [6.45, 7) is 7.40. The minimum Gasteiger partial charge on any atom is -0.492 e. The summed E-state index contributed by atoms with van der Waals surface area (Å²) in [7, 11) is 1.66. The molecule has 13 nitrogen and oxygen atoms in total. The standard InChI is InChI=1S/C36H39N9O4/c1-42-11-10-27(19-33(42)46)35(47)45-12-8-25(9-13-45)21-49-32-7-2-26(18-28(32)20-37)34-38-24-39-36(41-34)40-29-3-5-30(6-4-29)43-14-16-44(17-15-43)31-22-48-23-31/h2-7,10-11,18-19,24-25,31H,8-9,12-17,21-23H2,1H3,(H,38,39,40,41). The van der Waals surface area contributed by atoms with Crippen LogP contribution < -0.4 is 20.5 Å². The van der Waals surface area contributed by atoms with Crippen molar-refractivity contribution in [3.8, 4) is 23.2 Å². The van der Waals surface area contributed by atoms with E-state index in [2.05, 4.69) is 48.3 Å². The first kappa shape index (κ1) is 32.2. The molecular weight excluding hydrogens is 622 g/mol. The van der Waals surface area contributed by atoms with E-state index in [4.69, 9.17) is 9.47 Å². The highest BCUT2D eigenvalue weighted by molar-refractivity contribution is 5.94. The first-order valence-corrected chi connectivity index (χ1v) is 16.7. The van der Waals surface area contributed by atoms with Crippen molar-refractivity contribution < 1.29 is 14.3 Å². The number of likely N-dealkylation sites (tertiary alicyclic amines) is 1. The Bertz CT molecular complexity index is 1890. The number of amides is 1. The summed E-state index contributed by atoms with van der Waals surface area (Å²) in [5.41, 5.74) is 3.33. The van der Waals surface area contributed by atoms with E-state index in [1.54, 1.807) is 36.3 Å². The van der Waals surface area contributed by atoms with Gasteiger partial charge in [-0.25, -0.2) is 9.97 Å². The van der Waals surface area contributed by atoms with Crippen LogP contribution in [0, 0.1) is 17.2 Å². The van der Waals surface area contributed by atoms with Crippen LogP contribution in [0.5, 0.6) is 5.75 Å². The number of nitriles is 1. The fraction of sp³-hybridized carbons (Fsp3) is 0.389. The minimum atomic E-state index is -0.206. The summed E-state index contributed by atoms with van der Waals surface area (Å²) < 4.78 is 12.9. The number of piperidine rings is 1. The summed E-state index contributed by atoms with van der Waals surface area (Å²) in [4.78, 5) is 44.8. The number of nitrogens with zero attached hydrogens (tertiary/aromatic N) is 8. The van der Waals surface area contributed by atoms with Gasteiger partial charge in [0.05, 0.1) is 31.4 Å². The van der Waals surface area contributed by atoms with Crippen LogP contribution in [0.4, 0.5) is 17.3 Å². The molecule has 0 aliphatic carbocycles. The van der Waals surface area contributed by atoms with Crippen LogP contribution in [0.1, 0.15) is 28.8 Å². The predicted molar refractivity (Wildman–Crippen MR) is 184 cm³/mol. The van der Waals surface area contributed by atoms with Gasteiger partial charge in [0.15, 0.2) is 5.82 Å². The predicted octanol–water partition coefficient (Wildman–Crippen LogP) is 3.30. The van der Waals surface area contributed by atoms with E-state index in [1.165, 1.54) is 22.6 Å². The summed E-state index contributed by atoms with van der Waals surface area (Å²) in [6.07, 6.45) is 4.61. The number of pyridine rings is 1. The highest BCUT2D eigenvalue weighted by Crippen LogP contribution is 2.28. The molecule has 1 N–H and O–H groups in total. The number of hydrogen-bond acceptors (Lipinski definition) is 11. The Morgan fingerprint density at radius 2 is 1.78 bits per heavy atom. The van der Waals surface area contributed by atoms with Crippen LogP contribution in [0.25, 0.3) is 11.4 Å². The molecule has 0 radical (unpaired) electrons. The van der Waals surface area contributed by atoms with Crippen LogP contribution in [0.15, 0.2) is 71.9 Å². The minimum absolute atomic E-state index is 0.130. The normalized spacial score (nSPS) is 17.3. The number of carbonyl (C=O) groups is 1. The number of anilines is 3. The first-order valence-electron chi connectivity index (χ1n) is 16.7. The van der Waals surface area contributed by atoms with E-state index < -0.39 is 0 Å². The number of aromatic nitrogens is 4. The van der Waals surface area contributed by atoms with Crippen molar-refractivity contribution >= 4 is 23.2 Å². The fourth-order valence-electron chi connectivity index (χ4n) is 6.42. The molecule has 3 aliphatic heterocycles. The molecule has 3 aliphatic rings. The van der Waals surface area contributed by atoms with E-state index in [1.807, 2.05) is 18.2 Å². The maximum Gasteiger partial charge on any atom is 0.254 e. The third-order valence-corrected chi connectivity index (χ3v) is 9.60. The number of piperazine rings is 1. The second-order valence-electron chi connectivity index (χ2n) is 12.8. The average Bonchev–Trinajstić information content (AvgIpc) is 3.12. The molecule has 49 heavy (non-hydrogen) atoms. The van der Waals surface area contributed by atoms with Crippen molar-refractivity contribution in [3.05, 3.63) is 88.6 Å². The second kappa shape index (κ2) is 14.4. The van der Waals surface area contributed by atoms with E-state index in [0.29, 0.717) is 60.0 Å². The van der Waals surface area contributed by atoms with Crippen molar-refractivity contribution in [2.24, 2.45) is 13.0 Å². The number of hydrogen-bond donors (Lipinski definition) is 1. The second-order valence-corrected chi connectivity index (χ2v) is 12.8. The van der Waals surface area contributed by atoms with Crippen LogP contribution in [0.2, 0.25) is 0 Å². The Balaban J connectivity index is 0.920. The van der Waals surface area contributed by atoms with Gasteiger partial charge in [0.2, 0.25) is 5.95 Å². The highest BCUT2D eigenvalue weighted by Gasteiger charge is 2.29. The van der Waals surface area contributed by atoms with Crippen molar-refractivity contribution in [1.82, 2.24) is 29.3 Å². The van der Waals surface area contributed by atoms with E-state index in [9.17, 15) is 14.9 Å². The molecule has 2 aromatic heterocycles. The Kier molecular flexibility index (Phi) is 9.49. The summed E-state index contributed by atoms with van der Waals surface area (Å²) in [5, 5.41) is 13.2. The fourth-order valence-corrected chi connectivity index (χ4v) is 6.42. The molecule has 0 unspecified atom stereocenters. The molecule has 252 valence electrons. The number of carbonyl (C=O) groups excluding carboxylic acids is 1. The Hall–Kier alpha value is -5.32. The molecule has 0 atom stereocenters. The molecule has 3 fully saturated rings. The largest absolute Gasteiger partial charge is 0.492 e. The van der Waals surface area contributed by atoms with Gasteiger partial charge >= 0.3 is 0 Å². The Morgan fingerprint density at radius 3 is 2.47 bits per heavy atom. The van der Waals surface area contributed by atoms with Crippen LogP contribution in [-0.2, 0) is 11.8 Å². The Morgan fingerprint density at radius 1 is 1.00 bits per heavy atom. The van der Waals surface area contributed by atoms with Gasteiger partial charge in [-0.05, 0) is 67.3 Å². The van der Waals surface area contributed by atoms with E-state index in [-0.39, 0.29) is 17.4 Å². The quantitative estimate of drug-likeness (QED) is 0.282. The zero-order valence-corrected chi connectivity index (χ0v) is 27.5. The number of benzene rings is 2. The lowest BCUT2D eigenvalue weighted by Gasteiger charge is -2.43. The van der Waals surface area contributed by atoms with Crippen LogP contribution in [0.3, 0.4) is 0 Å². The molecule has 0 saturated carbocycles. The summed E-state index contributed by atoms with van der Waals surface area (Å²) in [6, 6.07) is 19.5. The van der Waals surface area contributed by atoms with Crippen LogP contribution >= 0.6 is 0 Å². The monoisotopic (exact) mass is 661 g/mol. The lowest BCUT2D eigenvalue weighted by atomic mass is 9.97. The van der Waals surface area contributed by atoms with Gasteiger partial charge in [0, 0.05) is 81.1 Å². The van der Waals surface area contributed by atoms with Gasteiger partial charge in [-0.3, -0.25) is 14.5 Å². The first-order chi connectivity index (χ1) is 23.9. The molecule has 13 heteroatoms. The zero-order valence-electron chi connectivity index (χ0n) is 27.5. The SMILES string of the molecule is Cn1ccc(C(=O)N2CCC(COc3ccc(-c4ncnc(Nc5ccc(N6CCN(C7COC7)CC6)cc5)n4)cc3C#N)CC2)cc1=O. The number of aryl methyl sites for hydroxylation is 1. The van der Waals surface area contributed by atoms with E-state index in [0.717, 1.165) is 57.9 Å². The molecule has 4 aromatic rings. The van der Waals surface area contributed by atoms with Gasteiger partial charge < -0.3 is 29.2 Å². The molecule has 0 spiro atoms. The van der Waals surface area contributed by atoms with Gasteiger partial charge in [-0.15, -0.1) is 0 Å². The van der Waals surface area contributed by atoms with Crippen molar-refractivity contribution in [2.75, 3.05) is 69.3 Å². The molecule has 5 heterocycles. The molecule has 1 amide bonds. The maximum absolute atomic E-state index is 12.9. The van der Waals surface area contributed by atoms with Crippen molar-refractivity contribution in [2.45, 2.75) is 18.9 Å². The average molecular weight is 662 g/mol. The van der Waals surface area contributed by atoms with E-state index >= 15 is 0 Å². The van der Waals surface area contributed by atoms with Crippen molar-refractivity contribution in [1.29, 1.82) is 5.26 Å². The third kappa shape index (κ3) is 7.40. The molecular formula is C36H39N9O4. The maximum atomic E-state index is 12.9. The zero-order chi connectivity index (χ0) is 33.7. The van der Waals surface area contributed by atoms with Gasteiger partial charge in [-0.2, -0.15) is 10.2 Å². The topological polar surface area (TPSA) is 142 Å². The van der Waals surface area contributed by atoms with Crippen LogP contribution in [-0.4, -0.2) is 100 Å². The lowest BCUT2D eigenvalue weighted by molar-refractivity contribution is -0.0660. The molecule has 2 aromatic carbocycles. The molecule has 0 bridgehead atoms. The highest BCUT2D eigenvalue weighted by atomic mass is 16.5. The van der Waals surface area contributed by atoms with Gasteiger partial charge in [0.25, 0.3) is 11.5 Å². The lowest BCUT2D eigenvalue weighted by Crippen LogP contribution is -2.56. The molecule has 7 rings (SSSR count). The van der Waals surface area contributed by atoms with Gasteiger partial charge in [-0.1, -0.05) is 0 Å². The third-order valence-electron chi connectivity index (χ3n) is 9.60. The molecule has 3 saturated heterocycles. The number of rotatable bonds is 9. The number of ether oxygens (including phenoxy) is 2. The number of nitrogens with one attached hydrogen (secondary N) is 1. The van der Waals surface area contributed by atoms with Crippen molar-refractivity contribution in [3.63, 3.8) is 0 Å². The smallest absolute Gasteiger partial charge is 0.254 e.